The first kappa shape index (κ1) is 16.7. The van der Waals surface area contributed by atoms with Crippen LogP contribution in [-0.4, -0.2) is 19.4 Å². The van der Waals surface area contributed by atoms with Gasteiger partial charge in [-0.2, -0.15) is 13.2 Å². The molecular weight excluding hydrogens is 192 g/mol. The second-order valence-electron chi connectivity index (χ2n) is 1.21. The normalized spacial score (nSPS) is 9.60. The van der Waals surface area contributed by atoms with Gasteiger partial charge in [0.1, 0.15) is 0 Å². The Hall–Kier alpha value is 0.290. The lowest BCUT2D eigenvalue weighted by Gasteiger charge is -2.04. The molecule has 0 aliphatic rings. The van der Waals surface area contributed by atoms with Crippen molar-refractivity contribution in [3.63, 3.8) is 0 Å². The van der Waals surface area contributed by atoms with Crippen LogP contribution in [0.3, 0.4) is 0 Å². The van der Waals surface area contributed by atoms with Gasteiger partial charge < -0.3 is 5.73 Å². The third-order valence-electron chi connectivity index (χ3n) is 0.470. The molecule has 0 radical (unpaired) electrons. The topological polar surface area (TPSA) is 38.0 Å². The number of alkyl halides is 3. The van der Waals surface area contributed by atoms with Crippen molar-refractivity contribution in [1.29, 1.82) is 0 Å². The molecule has 0 fully saturated rings. The van der Waals surface area contributed by atoms with Gasteiger partial charge in [0.05, 0.1) is 0 Å². The average Bonchev–Trinajstić information content (AvgIpc) is 1.59. The maximum atomic E-state index is 11.1. The number of rotatable bonds is 2. The van der Waals surface area contributed by atoms with Crippen LogP contribution in [0.4, 0.5) is 13.2 Å². The summed E-state index contributed by atoms with van der Waals surface area (Å²) in [5.74, 6) is 0. The maximum Gasteiger partial charge on any atom is 0.457 e. The molecular formula is C3H9Cl2F3N2. The van der Waals surface area contributed by atoms with Gasteiger partial charge in [-0.1, -0.05) is 0 Å². The van der Waals surface area contributed by atoms with Crippen molar-refractivity contribution in [2.45, 2.75) is 6.30 Å². The Balaban J connectivity index is -0.000000245. The number of hydrogen-bond acceptors (Lipinski definition) is 2. The van der Waals surface area contributed by atoms with Crippen LogP contribution >= 0.6 is 24.8 Å². The minimum atomic E-state index is -4.28. The molecule has 0 aliphatic heterocycles. The molecule has 10 heavy (non-hydrogen) atoms. The first-order valence-electron chi connectivity index (χ1n) is 2.08. The molecule has 0 atom stereocenters. The number of halogens is 5. The van der Waals surface area contributed by atoms with E-state index >= 15 is 0 Å². The zero-order chi connectivity index (χ0) is 6.62. The van der Waals surface area contributed by atoms with Gasteiger partial charge in [0.2, 0.25) is 0 Å². The van der Waals surface area contributed by atoms with Crippen LogP contribution in [0.1, 0.15) is 0 Å². The molecule has 66 valence electrons. The summed E-state index contributed by atoms with van der Waals surface area (Å²) in [4.78, 5) is 0. The van der Waals surface area contributed by atoms with E-state index in [2.05, 4.69) is 0 Å². The molecule has 0 heterocycles. The highest BCUT2D eigenvalue weighted by molar-refractivity contribution is 5.85. The molecule has 0 aromatic rings. The Kier molecular flexibility index (Phi) is 12.4. The average molecular weight is 201 g/mol. The molecule has 0 rings (SSSR count). The van der Waals surface area contributed by atoms with Gasteiger partial charge >= 0.3 is 6.30 Å². The summed E-state index contributed by atoms with van der Waals surface area (Å²) in [5, 5.41) is 1.25. The molecule has 0 unspecified atom stereocenters. The van der Waals surface area contributed by atoms with Crippen LogP contribution in [0, 0.1) is 0 Å². The third kappa shape index (κ3) is 15.7. The number of nitrogens with one attached hydrogen (secondary N) is 1. The summed E-state index contributed by atoms with van der Waals surface area (Å²) < 4.78 is 33.2. The smallest absolute Gasteiger partial charge is 0.329 e. The molecule has 7 heteroatoms. The van der Waals surface area contributed by atoms with E-state index in [9.17, 15) is 13.2 Å². The Morgan fingerprint density at radius 2 is 1.60 bits per heavy atom. The van der Waals surface area contributed by atoms with Gasteiger partial charge in [0.15, 0.2) is 0 Å². The molecule has 0 bridgehead atoms. The summed E-state index contributed by atoms with van der Waals surface area (Å²) in [5.41, 5.74) is 4.77. The van der Waals surface area contributed by atoms with E-state index in [0.29, 0.717) is 0 Å². The van der Waals surface area contributed by atoms with E-state index in [0.717, 1.165) is 0 Å². The van der Waals surface area contributed by atoms with Crippen molar-refractivity contribution < 1.29 is 13.2 Å². The van der Waals surface area contributed by atoms with Crippen molar-refractivity contribution in [2.24, 2.45) is 5.73 Å². The molecule has 0 aromatic heterocycles. The monoisotopic (exact) mass is 200 g/mol. The molecule has 0 aliphatic carbocycles. The fourth-order valence-electron chi connectivity index (χ4n) is 0.214. The molecule has 0 saturated heterocycles. The summed E-state index contributed by atoms with van der Waals surface area (Å²) in [6.45, 7) is -0.219. The number of nitrogens with two attached hydrogens (primary N) is 1. The first-order valence-corrected chi connectivity index (χ1v) is 2.08. The van der Waals surface area contributed by atoms with Crippen LogP contribution in [0.15, 0.2) is 0 Å². The van der Waals surface area contributed by atoms with Crippen molar-refractivity contribution in [2.75, 3.05) is 13.1 Å². The van der Waals surface area contributed by atoms with Crippen LogP contribution < -0.4 is 11.1 Å². The van der Waals surface area contributed by atoms with Crippen molar-refractivity contribution in [3.05, 3.63) is 0 Å². The largest absolute Gasteiger partial charge is 0.457 e. The van der Waals surface area contributed by atoms with Gasteiger partial charge in [-0.3, -0.25) is 0 Å². The van der Waals surface area contributed by atoms with E-state index in [1.54, 1.807) is 0 Å². The second-order valence-corrected chi connectivity index (χ2v) is 1.21. The highest BCUT2D eigenvalue weighted by atomic mass is 35.5. The zero-order valence-electron chi connectivity index (χ0n) is 4.94. The van der Waals surface area contributed by atoms with Gasteiger partial charge in [-0.25, -0.2) is 5.32 Å². The molecule has 0 spiro atoms. The predicted molar refractivity (Wildman–Crippen MR) is 37.6 cm³/mol. The van der Waals surface area contributed by atoms with Crippen LogP contribution in [-0.2, 0) is 0 Å². The van der Waals surface area contributed by atoms with E-state index in [1.165, 1.54) is 5.32 Å². The SMILES string of the molecule is Cl.Cl.NCCNC(F)(F)F. The Morgan fingerprint density at radius 3 is 1.70 bits per heavy atom. The Morgan fingerprint density at radius 1 is 1.20 bits per heavy atom. The second kappa shape index (κ2) is 7.40. The Labute approximate surface area is 69.2 Å². The van der Waals surface area contributed by atoms with E-state index in [4.69, 9.17) is 5.73 Å². The summed E-state index contributed by atoms with van der Waals surface area (Å²) in [6, 6.07) is 0. The molecule has 0 amide bonds. The lowest BCUT2D eigenvalue weighted by Crippen LogP contribution is -2.35. The summed E-state index contributed by atoms with van der Waals surface area (Å²) in [6.07, 6.45) is -4.28. The molecule has 0 saturated carbocycles. The molecule has 3 N–H and O–H groups in total. The van der Waals surface area contributed by atoms with Gasteiger partial charge in [-0.15, -0.1) is 24.8 Å². The lowest BCUT2D eigenvalue weighted by atomic mass is 10.6. The highest BCUT2D eigenvalue weighted by Gasteiger charge is 2.24. The quantitative estimate of drug-likeness (QED) is 0.651. The van der Waals surface area contributed by atoms with Crippen molar-refractivity contribution in [1.82, 2.24) is 5.32 Å². The van der Waals surface area contributed by atoms with Gasteiger partial charge in [0, 0.05) is 13.1 Å². The maximum absolute atomic E-state index is 11.1. The van der Waals surface area contributed by atoms with Crippen LogP contribution in [0.2, 0.25) is 0 Å². The minimum absolute atomic E-state index is 0. The predicted octanol–water partition coefficient (Wildman–Crippen LogP) is 0.898. The fraction of sp³-hybridized carbons (Fsp3) is 1.00. The van der Waals surface area contributed by atoms with Crippen LogP contribution in [0.5, 0.6) is 0 Å². The first-order chi connectivity index (χ1) is 3.56. The number of hydrogen-bond donors (Lipinski definition) is 2. The molecule has 2 nitrogen and oxygen atoms in total. The lowest BCUT2D eigenvalue weighted by molar-refractivity contribution is -0.156. The van der Waals surface area contributed by atoms with Crippen molar-refractivity contribution >= 4 is 24.8 Å². The van der Waals surface area contributed by atoms with E-state index < -0.39 is 6.30 Å². The van der Waals surface area contributed by atoms with Crippen LogP contribution in [0.25, 0.3) is 0 Å². The highest BCUT2D eigenvalue weighted by Crippen LogP contribution is 2.07. The third-order valence-corrected chi connectivity index (χ3v) is 0.470. The van der Waals surface area contributed by atoms with Gasteiger partial charge in [0.25, 0.3) is 0 Å². The Bertz CT molecular complexity index is 67.3. The molecule has 0 aromatic carbocycles. The summed E-state index contributed by atoms with van der Waals surface area (Å²) in [7, 11) is 0. The van der Waals surface area contributed by atoms with Gasteiger partial charge in [-0.05, 0) is 0 Å². The zero-order valence-corrected chi connectivity index (χ0v) is 6.57. The van der Waals surface area contributed by atoms with E-state index in [-0.39, 0.29) is 37.9 Å². The van der Waals surface area contributed by atoms with E-state index in [1.807, 2.05) is 0 Å². The minimum Gasteiger partial charge on any atom is -0.329 e. The summed E-state index contributed by atoms with van der Waals surface area (Å²) >= 11 is 0. The standard InChI is InChI=1S/C3H7F3N2.2ClH/c4-3(5,6)8-2-1-7;;/h8H,1-2,7H2;2*1H. The van der Waals surface area contributed by atoms with Crippen molar-refractivity contribution in [3.8, 4) is 0 Å². The fourth-order valence-corrected chi connectivity index (χ4v) is 0.214.